The maximum Gasteiger partial charge on any atom is 0.146 e. The molecule has 0 aromatic rings. The van der Waals surface area contributed by atoms with Gasteiger partial charge in [0.05, 0.1) is 6.61 Å². The number of alkyl halides is 1. The van der Waals surface area contributed by atoms with Crippen LogP contribution in [0.25, 0.3) is 0 Å². The Morgan fingerprint density at radius 1 is 0.714 bits per heavy atom. The van der Waals surface area contributed by atoms with E-state index in [2.05, 4.69) is 41.7 Å². The maximum absolute atomic E-state index is 5.36. The average Bonchev–Trinajstić information content (AvgIpc) is 2.50. The number of allylic oxidation sites excluding steroid dienone is 1. The molecule has 0 heterocycles. The van der Waals surface area contributed by atoms with Crippen molar-refractivity contribution in [3.8, 4) is 0 Å². The molecule has 21 heavy (non-hydrogen) atoms. The minimum absolute atomic E-state index is 0.444. The fraction of sp³-hybridized carbons (Fsp3) is 0.889. The smallest absolute Gasteiger partial charge is 0.146 e. The molecule has 0 aliphatic rings. The zero-order chi connectivity index (χ0) is 15.4. The summed E-state index contributed by atoms with van der Waals surface area (Å²) in [5, 5.41) is 0. The molecule has 3 heteroatoms. The van der Waals surface area contributed by atoms with Crippen molar-refractivity contribution >= 4 is 22.6 Å². The van der Waals surface area contributed by atoms with E-state index >= 15 is 0 Å². The number of unbranched alkanes of at least 4 members (excludes halogenated alkanes) is 8. The molecular formula is C18H35IO2. The number of rotatable bonds is 17. The van der Waals surface area contributed by atoms with Crippen LogP contribution in [0.5, 0.6) is 0 Å². The second-order valence-corrected chi connectivity index (χ2v) is 6.58. The Morgan fingerprint density at radius 2 is 1.29 bits per heavy atom. The van der Waals surface area contributed by atoms with E-state index in [1.807, 2.05) is 0 Å². The van der Waals surface area contributed by atoms with Gasteiger partial charge in [-0.3, -0.25) is 0 Å². The largest absolute Gasteiger partial charge is 0.355 e. The summed E-state index contributed by atoms with van der Waals surface area (Å²) < 4.78 is 11.9. The van der Waals surface area contributed by atoms with Crippen molar-refractivity contribution in [3.63, 3.8) is 0 Å². The summed E-state index contributed by atoms with van der Waals surface area (Å²) in [5.74, 6) is 0. The van der Waals surface area contributed by atoms with E-state index in [0.717, 1.165) is 26.1 Å². The van der Waals surface area contributed by atoms with Gasteiger partial charge in [0, 0.05) is 6.61 Å². The Hall–Kier alpha value is 0.390. The van der Waals surface area contributed by atoms with Crippen LogP contribution in [0, 0.1) is 0 Å². The van der Waals surface area contributed by atoms with Gasteiger partial charge in [-0.1, -0.05) is 80.2 Å². The lowest BCUT2D eigenvalue weighted by atomic mass is 10.1. The first-order valence-electron chi connectivity index (χ1n) is 8.78. The summed E-state index contributed by atoms with van der Waals surface area (Å²) in [6.45, 7) is 4.12. The molecule has 0 radical (unpaired) electrons. The Balaban J connectivity index is 3.02. The van der Waals surface area contributed by atoms with Gasteiger partial charge in [0.15, 0.2) is 0 Å². The summed E-state index contributed by atoms with van der Waals surface area (Å²) in [4.78, 5) is 0. The van der Waals surface area contributed by atoms with Gasteiger partial charge in [-0.25, -0.2) is 0 Å². The van der Waals surface area contributed by atoms with E-state index in [0.29, 0.717) is 6.79 Å². The fourth-order valence-electron chi connectivity index (χ4n) is 2.13. The number of ether oxygens (including phenoxy) is 2. The van der Waals surface area contributed by atoms with E-state index in [9.17, 15) is 0 Å². The monoisotopic (exact) mass is 410 g/mol. The zero-order valence-electron chi connectivity index (χ0n) is 14.0. The van der Waals surface area contributed by atoms with Gasteiger partial charge in [-0.15, -0.1) is 0 Å². The van der Waals surface area contributed by atoms with Gasteiger partial charge in [-0.2, -0.15) is 0 Å². The fourth-order valence-corrected chi connectivity index (χ4v) is 2.66. The van der Waals surface area contributed by atoms with E-state index in [4.69, 9.17) is 9.47 Å². The number of hydrogen-bond donors (Lipinski definition) is 0. The van der Waals surface area contributed by atoms with Crippen LogP contribution in [-0.4, -0.2) is 24.4 Å². The number of halogens is 1. The van der Waals surface area contributed by atoms with Crippen LogP contribution in [-0.2, 0) is 9.47 Å². The predicted molar refractivity (Wildman–Crippen MR) is 101 cm³/mol. The molecular weight excluding hydrogens is 375 g/mol. The van der Waals surface area contributed by atoms with Crippen LogP contribution in [0.4, 0.5) is 0 Å². The molecule has 0 rings (SSSR count). The Kier molecular flexibility index (Phi) is 20.8. The Morgan fingerprint density at radius 3 is 1.95 bits per heavy atom. The third-order valence-electron chi connectivity index (χ3n) is 3.37. The second kappa shape index (κ2) is 20.4. The summed E-state index contributed by atoms with van der Waals surface area (Å²) in [6.07, 6.45) is 19.1. The minimum atomic E-state index is 0.444. The molecule has 2 nitrogen and oxygen atoms in total. The van der Waals surface area contributed by atoms with Gasteiger partial charge < -0.3 is 9.47 Å². The summed E-state index contributed by atoms with van der Waals surface area (Å²) in [5.41, 5.74) is 0. The lowest BCUT2D eigenvalue weighted by molar-refractivity contribution is -0.0519. The number of hydrogen-bond acceptors (Lipinski definition) is 2. The van der Waals surface area contributed by atoms with Crippen LogP contribution in [0.3, 0.4) is 0 Å². The molecule has 0 N–H and O–H groups in total. The van der Waals surface area contributed by atoms with Gasteiger partial charge in [0.2, 0.25) is 0 Å². The van der Waals surface area contributed by atoms with Gasteiger partial charge in [0.25, 0.3) is 0 Å². The minimum Gasteiger partial charge on any atom is -0.355 e. The summed E-state index contributed by atoms with van der Waals surface area (Å²) in [7, 11) is 0. The van der Waals surface area contributed by atoms with Crippen molar-refractivity contribution in [2.75, 3.05) is 24.4 Å². The van der Waals surface area contributed by atoms with Crippen molar-refractivity contribution in [2.24, 2.45) is 0 Å². The summed E-state index contributed by atoms with van der Waals surface area (Å²) >= 11 is 2.47. The molecule has 0 unspecified atom stereocenters. The molecule has 0 fully saturated rings. The van der Waals surface area contributed by atoms with Crippen LogP contribution in [0.2, 0.25) is 0 Å². The first kappa shape index (κ1) is 21.4. The SMILES string of the molecule is CCCOCOCCC=CCCCCCCCCCCI. The third kappa shape index (κ3) is 20.4. The van der Waals surface area contributed by atoms with Gasteiger partial charge in [0.1, 0.15) is 6.79 Å². The molecule has 0 spiro atoms. The van der Waals surface area contributed by atoms with Crippen molar-refractivity contribution in [1.29, 1.82) is 0 Å². The molecule has 0 aromatic heterocycles. The molecule has 0 aliphatic heterocycles. The zero-order valence-corrected chi connectivity index (χ0v) is 16.1. The van der Waals surface area contributed by atoms with Crippen LogP contribution in [0.15, 0.2) is 12.2 Å². The lowest BCUT2D eigenvalue weighted by Crippen LogP contribution is -2.01. The first-order chi connectivity index (χ1) is 10.4. The van der Waals surface area contributed by atoms with E-state index in [-0.39, 0.29) is 0 Å². The standard InChI is InChI=1S/C18H35IO2/c1-2-16-20-18-21-17-14-12-10-8-6-4-3-5-7-9-11-13-15-19/h10,12H,2-9,11,13-18H2,1H3. The topological polar surface area (TPSA) is 18.5 Å². The van der Waals surface area contributed by atoms with Crippen molar-refractivity contribution in [3.05, 3.63) is 12.2 Å². The summed E-state index contributed by atoms with van der Waals surface area (Å²) in [6, 6.07) is 0. The van der Waals surface area contributed by atoms with Crippen LogP contribution in [0.1, 0.15) is 77.6 Å². The first-order valence-corrected chi connectivity index (χ1v) is 10.3. The van der Waals surface area contributed by atoms with Crippen LogP contribution < -0.4 is 0 Å². The lowest BCUT2D eigenvalue weighted by Gasteiger charge is -2.02. The highest BCUT2D eigenvalue weighted by Gasteiger charge is 1.91. The molecule has 126 valence electrons. The molecule has 0 saturated heterocycles. The Bertz CT molecular complexity index is 207. The highest BCUT2D eigenvalue weighted by Crippen LogP contribution is 2.10. The van der Waals surface area contributed by atoms with E-state index in [1.54, 1.807) is 0 Å². The molecule has 0 aliphatic carbocycles. The Labute approximate surface area is 146 Å². The average molecular weight is 410 g/mol. The normalized spacial score (nSPS) is 11.5. The maximum atomic E-state index is 5.36. The molecule has 0 bridgehead atoms. The quantitative estimate of drug-likeness (QED) is 0.0924. The molecule has 0 saturated carbocycles. The molecule has 0 amide bonds. The molecule has 0 aromatic carbocycles. The van der Waals surface area contributed by atoms with Gasteiger partial charge >= 0.3 is 0 Å². The van der Waals surface area contributed by atoms with E-state index < -0.39 is 0 Å². The van der Waals surface area contributed by atoms with Crippen LogP contribution >= 0.6 is 22.6 Å². The van der Waals surface area contributed by atoms with Crippen molar-refractivity contribution in [1.82, 2.24) is 0 Å². The van der Waals surface area contributed by atoms with Crippen molar-refractivity contribution in [2.45, 2.75) is 77.6 Å². The molecule has 0 atom stereocenters. The third-order valence-corrected chi connectivity index (χ3v) is 4.13. The second-order valence-electron chi connectivity index (χ2n) is 5.50. The predicted octanol–water partition coefficient (Wildman–Crippen LogP) is 6.28. The highest BCUT2D eigenvalue weighted by molar-refractivity contribution is 14.1. The van der Waals surface area contributed by atoms with Gasteiger partial charge in [-0.05, 0) is 36.5 Å². The highest BCUT2D eigenvalue weighted by atomic mass is 127. The van der Waals surface area contributed by atoms with Crippen molar-refractivity contribution < 1.29 is 9.47 Å². The van der Waals surface area contributed by atoms with E-state index in [1.165, 1.54) is 62.2 Å².